The summed E-state index contributed by atoms with van der Waals surface area (Å²) in [5.41, 5.74) is 2.17. The van der Waals surface area contributed by atoms with Crippen LogP contribution in [0.2, 0.25) is 5.15 Å². The number of amides is 1. The molecule has 98 valence electrons. The largest absolute Gasteiger partial charge is 0.376 e. The van der Waals surface area contributed by atoms with Gasteiger partial charge >= 0.3 is 0 Å². The molecule has 1 N–H and O–H groups in total. The molecule has 0 spiro atoms. The summed E-state index contributed by atoms with van der Waals surface area (Å²) in [5, 5.41) is 3.23. The standard InChI is InChI=1S/C14H14ClN3O/c1-18(2)12-6-4-3-5-11(12)17-14(19)10-7-8-13(15)16-9-10/h3-9H,1-2H3,(H,17,19). The van der Waals surface area contributed by atoms with Gasteiger partial charge in [-0.2, -0.15) is 0 Å². The molecule has 0 aliphatic heterocycles. The summed E-state index contributed by atoms with van der Waals surface area (Å²) in [6.07, 6.45) is 1.45. The normalized spacial score (nSPS) is 10.1. The highest BCUT2D eigenvalue weighted by atomic mass is 35.5. The summed E-state index contributed by atoms with van der Waals surface area (Å²) < 4.78 is 0. The summed E-state index contributed by atoms with van der Waals surface area (Å²) in [7, 11) is 3.85. The minimum atomic E-state index is -0.210. The predicted molar refractivity (Wildman–Crippen MR) is 78.0 cm³/mol. The Morgan fingerprint density at radius 2 is 1.95 bits per heavy atom. The first-order valence-electron chi connectivity index (χ1n) is 5.77. The summed E-state index contributed by atoms with van der Waals surface area (Å²) in [4.78, 5) is 17.9. The molecule has 0 radical (unpaired) electrons. The lowest BCUT2D eigenvalue weighted by molar-refractivity contribution is 0.102. The van der Waals surface area contributed by atoms with Gasteiger partial charge in [-0.1, -0.05) is 23.7 Å². The molecule has 0 unspecified atom stereocenters. The van der Waals surface area contributed by atoms with E-state index >= 15 is 0 Å². The molecule has 19 heavy (non-hydrogen) atoms. The fraction of sp³-hybridized carbons (Fsp3) is 0.143. The Morgan fingerprint density at radius 3 is 2.58 bits per heavy atom. The molecule has 4 nitrogen and oxygen atoms in total. The van der Waals surface area contributed by atoms with Crippen LogP contribution in [0.5, 0.6) is 0 Å². The zero-order chi connectivity index (χ0) is 13.8. The van der Waals surface area contributed by atoms with Crippen LogP contribution in [0.4, 0.5) is 11.4 Å². The van der Waals surface area contributed by atoms with Crippen LogP contribution in [0, 0.1) is 0 Å². The quantitative estimate of drug-likeness (QED) is 0.876. The zero-order valence-corrected chi connectivity index (χ0v) is 11.5. The van der Waals surface area contributed by atoms with Crippen molar-refractivity contribution in [2.75, 3.05) is 24.3 Å². The Balaban J connectivity index is 2.22. The van der Waals surface area contributed by atoms with Crippen molar-refractivity contribution < 1.29 is 4.79 Å². The number of carbonyl (C=O) groups excluding carboxylic acids is 1. The number of halogens is 1. The number of rotatable bonds is 3. The van der Waals surface area contributed by atoms with Crippen LogP contribution in [0.3, 0.4) is 0 Å². The summed E-state index contributed by atoms with van der Waals surface area (Å²) in [6.45, 7) is 0. The minimum Gasteiger partial charge on any atom is -0.376 e. The lowest BCUT2D eigenvalue weighted by atomic mass is 10.2. The lowest BCUT2D eigenvalue weighted by Gasteiger charge is -2.17. The van der Waals surface area contributed by atoms with Gasteiger partial charge in [0.05, 0.1) is 16.9 Å². The van der Waals surface area contributed by atoms with Gasteiger partial charge in [0, 0.05) is 20.3 Å². The Morgan fingerprint density at radius 1 is 1.21 bits per heavy atom. The molecular weight excluding hydrogens is 262 g/mol. The molecule has 2 rings (SSSR count). The third kappa shape index (κ3) is 3.23. The van der Waals surface area contributed by atoms with Crippen molar-refractivity contribution in [2.45, 2.75) is 0 Å². The second-order valence-electron chi connectivity index (χ2n) is 4.24. The molecule has 0 atom stereocenters. The van der Waals surface area contributed by atoms with Gasteiger partial charge in [0.2, 0.25) is 0 Å². The third-order valence-corrected chi connectivity index (χ3v) is 2.85. The van der Waals surface area contributed by atoms with Gasteiger partial charge in [-0.3, -0.25) is 4.79 Å². The van der Waals surface area contributed by atoms with Crippen molar-refractivity contribution in [3.63, 3.8) is 0 Å². The van der Waals surface area contributed by atoms with Gasteiger partial charge in [0.25, 0.3) is 5.91 Å². The molecule has 0 bridgehead atoms. The maximum absolute atomic E-state index is 12.1. The van der Waals surface area contributed by atoms with Crippen LogP contribution >= 0.6 is 11.6 Å². The average Bonchev–Trinajstić information content (AvgIpc) is 2.39. The lowest BCUT2D eigenvalue weighted by Crippen LogP contribution is -2.16. The van der Waals surface area contributed by atoms with E-state index in [4.69, 9.17) is 11.6 Å². The van der Waals surface area contributed by atoms with Crippen molar-refractivity contribution in [3.8, 4) is 0 Å². The first kappa shape index (κ1) is 13.4. The van der Waals surface area contributed by atoms with Crippen molar-refractivity contribution in [1.29, 1.82) is 0 Å². The number of nitrogens with zero attached hydrogens (tertiary/aromatic N) is 2. The van der Waals surface area contributed by atoms with Crippen molar-refractivity contribution in [1.82, 2.24) is 4.98 Å². The predicted octanol–water partition coefficient (Wildman–Crippen LogP) is 3.05. The highest BCUT2D eigenvalue weighted by Gasteiger charge is 2.10. The Hall–Kier alpha value is -2.07. The highest BCUT2D eigenvalue weighted by molar-refractivity contribution is 6.29. The van der Waals surface area contributed by atoms with Crippen LogP contribution in [0.25, 0.3) is 0 Å². The van der Waals surface area contributed by atoms with E-state index in [0.717, 1.165) is 11.4 Å². The van der Waals surface area contributed by atoms with Crippen molar-refractivity contribution >= 4 is 28.9 Å². The SMILES string of the molecule is CN(C)c1ccccc1NC(=O)c1ccc(Cl)nc1. The summed E-state index contributed by atoms with van der Waals surface area (Å²) >= 11 is 5.69. The zero-order valence-electron chi connectivity index (χ0n) is 10.7. The molecule has 1 aromatic heterocycles. The summed E-state index contributed by atoms with van der Waals surface area (Å²) in [6, 6.07) is 10.8. The first-order chi connectivity index (χ1) is 9.08. The Bertz CT molecular complexity index is 581. The maximum Gasteiger partial charge on any atom is 0.257 e. The number of carbonyl (C=O) groups is 1. The molecule has 1 amide bonds. The topological polar surface area (TPSA) is 45.2 Å². The number of aromatic nitrogens is 1. The molecule has 0 saturated carbocycles. The van der Waals surface area contributed by atoms with E-state index in [1.54, 1.807) is 12.1 Å². The van der Waals surface area contributed by atoms with Crippen LogP contribution in [-0.4, -0.2) is 25.0 Å². The Labute approximate surface area is 117 Å². The van der Waals surface area contributed by atoms with Crippen LogP contribution in [-0.2, 0) is 0 Å². The molecule has 1 heterocycles. The van der Waals surface area contributed by atoms with Crippen LogP contribution in [0.15, 0.2) is 42.6 Å². The summed E-state index contributed by atoms with van der Waals surface area (Å²) in [5.74, 6) is -0.210. The number of pyridine rings is 1. The monoisotopic (exact) mass is 275 g/mol. The molecule has 0 aliphatic rings. The fourth-order valence-electron chi connectivity index (χ4n) is 1.67. The van der Waals surface area contributed by atoms with Crippen molar-refractivity contribution in [2.24, 2.45) is 0 Å². The molecule has 0 aliphatic carbocycles. The van der Waals surface area contributed by atoms with Gasteiger partial charge in [-0.05, 0) is 24.3 Å². The molecular formula is C14H14ClN3O. The van der Waals surface area contributed by atoms with Gasteiger partial charge < -0.3 is 10.2 Å². The van der Waals surface area contributed by atoms with E-state index in [1.807, 2.05) is 43.3 Å². The molecule has 0 saturated heterocycles. The van der Waals surface area contributed by atoms with Gasteiger partial charge in [-0.25, -0.2) is 4.98 Å². The molecule has 1 aromatic carbocycles. The van der Waals surface area contributed by atoms with Crippen LogP contribution in [0.1, 0.15) is 10.4 Å². The van der Waals surface area contributed by atoms with Gasteiger partial charge in [0.1, 0.15) is 5.15 Å². The smallest absolute Gasteiger partial charge is 0.257 e. The van der Waals surface area contributed by atoms with E-state index in [0.29, 0.717) is 10.7 Å². The van der Waals surface area contributed by atoms with Gasteiger partial charge in [-0.15, -0.1) is 0 Å². The number of benzene rings is 1. The first-order valence-corrected chi connectivity index (χ1v) is 6.15. The number of anilines is 2. The number of para-hydroxylation sites is 2. The van der Waals surface area contributed by atoms with Gasteiger partial charge in [0.15, 0.2) is 0 Å². The highest BCUT2D eigenvalue weighted by Crippen LogP contribution is 2.24. The Kier molecular flexibility index (Phi) is 4.02. The van der Waals surface area contributed by atoms with E-state index in [1.165, 1.54) is 6.20 Å². The van der Waals surface area contributed by atoms with Crippen LogP contribution < -0.4 is 10.2 Å². The van der Waals surface area contributed by atoms with E-state index in [2.05, 4.69) is 10.3 Å². The molecule has 2 aromatic rings. The van der Waals surface area contributed by atoms with E-state index in [9.17, 15) is 4.79 Å². The van der Waals surface area contributed by atoms with E-state index < -0.39 is 0 Å². The number of hydrogen-bond donors (Lipinski definition) is 1. The second kappa shape index (κ2) is 5.71. The average molecular weight is 276 g/mol. The number of hydrogen-bond acceptors (Lipinski definition) is 3. The number of nitrogens with one attached hydrogen (secondary N) is 1. The second-order valence-corrected chi connectivity index (χ2v) is 4.62. The minimum absolute atomic E-state index is 0.210. The third-order valence-electron chi connectivity index (χ3n) is 2.62. The van der Waals surface area contributed by atoms with E-state index in [-0.39, 0.29) is 5.91 Å². The molecule has 0 fully saturated rings. The molecule has 5 heteroatoms. The fourth-order valence-corrected chi connectivity index (χ4v) is 1.79. The van der Waals surface area contributed by atoms with Crippen molar-refractivity contribution in [3.05, 3.63) is 53.3 Å². The maximum atomic E-state index is 12.1.